The van der Waals surface area contributed by atoms with Crippen LogP contribution in [-0.2, 0) is 13.1 Å². The van der Waals surface area contributed by atoms with Crippen LogP contribution in [0.1, 0.15) is 37.2 Å². The van der Waals surface area contributed by atoms with Crippen LogP contribution in [0.4, 0.5) is 0 Å². The number of nitrogens with zero attached hydrogens (tertiary/aromatic N) is 5. The van der Waals surface area contributed by atoms with E-state index in [0.717, 1.165) is 49.7 Å². The van der Waals surface area contributed by atoms with Gasteiger partial charge in [-0.3, -0.25) is 0 Å². The van der Waals surface area contributed by atoms with E-state index in [1.54, 1.807) is 21.8 Å². The smallest absolute Gasteiger partial charge is 0.333 e. The van der Waals surface area contributed by atoms with Crippen molar-refractivity contribution in [3.8, 4) is 5.69 Å². The van der Waals surface area contributed by atoms with E-state index in [4.69, 9.17) is 5.10 Å². The molecule has 7 nitrogen and oxygen atoms in total. The molecule has 0 unspecified atom stereocenters. The molecule has 1 aromatic carbocycles. The van der Waals surface area contributed by atoms with E-state index in [9.17, 15) is 4.79 Å². The Morgan fingerprint density at radius 1 is 1.27 bits per heavy atom. The van der Waals surface area contributed by atoms with E-state index in [1.165, 1.54) is 0 Å². The lowest BCUT2D eigenvalue weighted by atomic mass is 9.99. The summed E-state index contributed by atoms with van der Waals surface area (Å²) in [6.07, 6.45) is 5.74. The van der Waals surface area contributed by atoms with Crippen LogP contribution in [0.15, 0.2) is 47.7 Å². The molecule has 0 spiro atoms. The Morgan fingerprint density at radius 3 is 2.85 bits per heavy atom. The van der Waals surface area contributed by atoms with Crippen LogP contribution < -0.4 is 11.0 Å². The molecule has 1 aliphatic heterocycles. The van der Waals surface area contributed by atoms with Crippen LogP contribution in [0, 0.1) is 0 Å². The summed E-state index contributed by atoms with van der Waals surface area (Å²) in [5.74, 6) is 1.09. The molecule has 0 aliphatic carbocycles. The lowest BCUT2D eigenvalue weighted by Crippen LogP contribution is -2.31. The van der Waals surface area contributed by atoms with E-state index < -0.39 is 0 Å². The SMILES string of the molecule is CCn1cncc1Cn1nc([C@H]2CCCNC2)n(-c2ccccc2)c1=O. The molecule has 1 fully saturated rings. The second kappa shape index (κ2) is 7.29. The Labute approximate surface area is 152 Å². The standard InChI is InChI=1S/C19H24N6O/c1-2-23-14-21-12-17(23)13-24-19(26)25(16-8-4-3-5-9-16)18(22-24)15-7-6-10-20-11-15/h3-5,8-9,12,14-15,20H,2,6-7,10-11,13H2,1H3/t15-/m0/s1. The Bertz CT molecular complexity index is 917. The lowest BCUT2D eigenvalue weighted by molar-refractivity contribution is 0.439. The number of hydrogen-bond donors (Lipinski definition) is 1. The maximum atomic E-state index is 13.2. The Morgan fingerprint density at radius 2 is 2.12 bits per heavy atom. The fourth-order valence-corrected chi connectivity index (χ4v) is 3.60. The maximum Gasteiger partial charge on any atom is 0.350 e. The van der Waals surface area contributed by atoms with Gasteiger partial charge in [-0.05, 0) is 38.4 Å². The van der Waals surface area contributed by atoms with Gasteiger partial charge in [0.15, 0.2) is 0 Å². The van der Waals surface area contributed by atoms with Crippen LogP contribution in [0.2, 0.25) is 0 Å². The minimum atomic E-state index is -0.0966. The van der Waals surface area contributed by atoms with Gasteiger partial charge in [0.25, 0.3) is 0 Å². The number of imidazole rings is 1. The second-order valence-electron chi connectivity index (χ2n) is 6.68. The highest BCUT2D eigenvalue weighted by Gasteiger charge is 2.25. The Balaban J connectivity index is 1.78. The van der Waals surface area contributed by atoms with Crippen molar-refractivity contribution in [2.75, 3.05) is 13.1 Å². The van der Waals surface area contributed by atoms with Crippen LogP contribution in [0.25, 0.3) is 5.69 Å². The minimum absolute atomic E-state index is 0.0966. The Kier molecular flexibility index (Phi) is 4.71. The van der Waals surface area contributed by atoms with E-state index >= 15 is 0 Å². The monoisotopic (exact) mass is 352 g/mol. The summed E-state index contributed by atoms with van der Waals surface area (Å²) in [4.78, 5) is 17.4. The largest absolute Gasteiger partial charge is 0.350 e. The van der Waals surface area contributed by atoms with Crippen molar-refractivity contribution >= 4 is 0 Å². The highest BCUT2D eigenvalue weighted by Crippen LogP contribution is 2.23. The predicted molar refractivity (Wildman–Crippen MR) is 99.7 cm³/mol. The molecule has 1 atom stereocenters. The summed E-state index contributed by atoms with van der Waals surface area (Å²) in [5, 5.41) is 8.17. The van der Waals surface area contributed by atoms with Crippen molar-refractivity contribution in [3.63, 3.8) is 0 Å². The molecule has 136 valence electrons. The number of aryl methyl sites for hydroxylation is 1. The third-order valence-electron chi connectivity index (χ3n) is 4.99. The van der Waals surface area contributed by atoms with Gasteiger partial charge in [-0.1, -0.05) is 18.2 Å². The van der Waals surface area contributed by atoms with Gasteiger partial charge in [-0.15, -0.1) is 0 Å². The molecule has 3 heterocycles. The highest BCUT2D eigenvalue weighted by molar-refractivity contribution is 5.33. The summed E-state index contributed by atoms with van der Waals surface area (Å²) >= 11 is 0. The van der Waals surface area contributed by atoms with Gasteiger partial charge in [-0.25, -0.2) is 19.0 Å². The fraction of sp³-hybridized carbons (Fsp3) is 0.421. The summed E-state index contributed by atoms with van der Waals surface area (Å²) in [6, 6.07) is 9.79. The molecule has 0 radical (unpaired) electrons. The summed E-state index contributed by atoms with van der Waals surface area (Å²) in [6.45, 7) is 5.21. The predicted octanol–water partition coefficient (Wildman–Crippen LogP) is 1.77. The number of para-hydroxylation sites is 1. The van der Waals surface area contributed by atoms with E-state index in [0.29, 0.717) is 6.54 Å². The number of aromatic nitrogens is 5. The minimum Gasteiger partial charge on any atom is -0.333 e. The van der Waals surface area contributed by atoms with Gasteiger partial charge in [0.1, 0.15) is 5.82 Å². The molecular formula is C19H24N6O. The third-order valence-corrected chi connectivity index (χ3v) is 4.99. The van der Waals surface area contributed by atoms with Crippen molar-refractivity contribution in [1.29, 1.82) is 0 Å². The Hall–Kier alpha value is -2.67. The molecule has 4 rings (SSSR count). The first kappa shape index (κ1) is 16.8. The molecule has 26 heavy (non-hydrogen) atoms. The van der Waals surface area contributed by atoms with Gasteiger partial charge in [0.2, 0.25) is 0 Å². The fourth-order valence-electron chi connectivity index (χ4n) is 3.60. The maximum absolute atomic E-state index is 13.2. The molecule has 0 saturated carbocycles. The van der Waals surface area contributed by atoms with Crippen molar-refractivity contribution in [3.05, 3.63) is 64.9 Å². The molecule has 1 N–H and O–H groups in total. The molecule has 0 bridgehead atoms. The van der Waals surface area contributed by atoms with Gasteiger partial charge < -0.3 is 9.88 Å². The van der Waals surface area contributed by atoms with Crippen LogP contribution in [0.5, 0.6) is 0 Å². The summed E-state index contributed by atoms with van der Waals surface area (Å²) in [5.41, 5.74) is 1.76. The number of rotatable bonds is 5. The zero-order chi connectivity index (χ0) is 17.9. The molecule has 3 aromatic rings. The van der Waals surface area contributed by atoms with E-state index in [2.05, 4.69) is 17.2 Å². The van der Waals surface area contributed by atoms with Crippen molar-refractivity contribution in [1.82, 2.24) is 29.2 Å². The first-order valence-electron chi connectivity index (χ1n) is 9.23. The van der Waals surface area contributed by atoms with Crippen molar-refractivity contribution in [2.45, 2.75) is 38.8 Å². The van der Waals surface area contributed by atoms with Crippen LogP contribution >= 0.6 is 0 Å². The molecule has 0 amide bonds. The van der Waals surface area contributed by atoms with Crippen LogP contribution in [0.3, 0.4) is 0 Å². The number of nitrogens with one attached hydrogen (secondary N) is 1. The lowest BCUT2D eigenvalue weighted by Gasteiger charge is -2.22. The molecule has 7 heteroatoms. The first-order chi connectivity index (χ1) is 12.8. The molecule has 1 saturated heterocycles. The zero-order valence-corrected chi connectivity index (χ0v) is 15.0. The normalized spacial score (nSPS) is 17.5. The molecular weight excluding hydrogens is 328 g/mol. The van der Waals surface area contributed by atoms with Gasteiger partial charge in [0.05, 0.1) is 30.5 Å². The molecule has 2 aromatic heterocycles. The van der Waals surface area contributed by atoms with Gasteiger partial charge >= 0.3 is 5.69 Å². The number of hydrogen-bond acceptors (Lipinski definition) is 4. The van der Waals surface area contributed by atoms with E-state index in [-0.39, 0.29) is 11.6 Å². The number of benzene rings is 1. The van der Waals surface area contributed by atoms with Gasteiger partial charge in [-0.2, -0.15) is 5.10 Å². The van der Waals surface area contributed by atoms with E-state index in [1.807, 2.05) is 34.9 Å². The third kappa shape index (κ3) is 3.10. The summed E-state index contributed by atoms with van der Waals surface area (Å²) in [7, 11) is 0. The summed E-state index contributed by atoms with van der Waals surface area (Å²) < 4.78 is 5.38. The highest BCUT2D eigenvalue weighted by atomic mass is 16.2. The average molecular weight is 352 g/mol. The first-order valence-corrected chi connectivity index (χ1v) is 9.23. The van der Waals surface area contributed by atoms with Crippen molar-refractivity contribution < 1.29 is 0 Å². The average Bonchev–Trinajstić information content (AvgIpc) is 3.28. The quantitative estimate of drug-likeness (QED) is 0.760. The topological polar surface area (TPSA) is 69.7 Å². The van der Waals surface area contributed by atoms with Crippen molar-refractivity contribution in [2.24, 2.45) is 0 Å². The second-order valence-corrected chi connectivity index (χ2v) is 6.68. The number of piperidine rings is 1. The zero-order valence-electron chi connectivity index (χ0n) is 15.0. The van der Waals surface area contributed by atoms with Gasteiger partial charge in [0, 0.05) is 19.0 Å². The van der Waals surface area contributed by atoms with Crippen LogP contribution in [-0.4, -0.2) is 37.0 Å². The molecule has 1 aliphatic rings.